The number of piperazine rings is 1. The molecule has 0 unspecified atom stereocenters. The number of carbonyl (C=O) groups excluding carboxylic acids is 2. The molecule has 11 heteroatoms. The summed E-state index contributed by atoms with van der Waals surface area (Å²) in [5.41, 5.74) is 1.58. The van der Waals surface area contributed by atoms with Crippen LogP contribution in [0.1, 0.15) is 6.92 Å². The lowest BCUT2D eigenvalue weighted by Gasteiger charge is -2.34. The van der Waals surface area contributed by atoms with Gasteiger partial charge in [0.25, 0.3) is 0 Å². The molecule has 3 amide bonds. The number of amides is 3. The number of urea groups is 1. The maximum atomic E-state index is 12.7. The minimum Gasteiger partial charge on any atom is -0.492 e. The molecule has 0 radical (unpaired) electrons. The molecule has 34 heavy (non-hydrogen) atoms. The third-order valence-electron chi connectivity index (χ3n) is 5.10. The molecular formula is C23H26N6O3S2. The van der Waals surface area contributed by atoms with Crippen LogP contribution in [0.25, 0.3) is 0 Å². The lowest BCUT2D eigenvalue weighted by molar-refractivity contribution is -0.129. The van der Waals surface area contributed by atoms with E-state index in [4.69, 9.17) is 4.74 Å². The highest BCUT2D eigenvalue weighted by atomic mass is 32.2. The number of anilines is 3. The van der Waals surface area contributed by atoms with E-state index in [1.165, 1.54) is 23.1 Å². The number of thioether (sulfide) groups is 1. The van der Waals surface area contributed by atoms with Gasteiger partial charge in [-0.05, 0) is 31.2 Å². The molecule has 0 atom stereocenters. The van der Waals surface area contributed by atoms with Crippen molar-refractivity contribution in [2.24, 2.45) is 0 Å². The van der Waals surface area contributed by atoms with E-state index in [0.717, 1.165) is 17.1 Å². The van der Waals surface area contributed by atoms with E-state index in [1.54, 1.807) is 9.80 Å². The fourth-order valence-electron chi connectivity index (χ4n) is 3.38. The lowest BCUT2D eigenvalue weighted by atomic mass is 10.3. The van der Waals surface area contributed by atoms with Crippen LogP contribution in [0.5, 0.6) is 5.75 Å². The van der Waals surface area contributed by atoms with E-state index < -0.39 is 0 Å². The summed E-state index contributed by atoms with van der Waals surface area (Å²) in [6.07, 6.45) is 0. The smallest absolute Gasteiger partial charge is 0.321 e. The molecule has 0 saturated carbocycles. The van der Waals surface area contributed by atoms with Gasteiger partial charge < -0.3 is 25.2 Å². The van der Waals surface area contributed by atoms with Gasteiger partial charge in [0.05, 0.1) is 18.0 Å². The van der Waals surface area contributed by atoms with Gasteiger partial charge in [0, 0.05) is 31.9 Å². The Kier molecular flexibility index (Phi) is 8.21. The highest BCUT2D eigenvalue weighted by Crippen LogP contribution is 2.31. The van der Waals surface area contributed by atoms with Crippen molar-refractivity contribution in [3.05, 3.63) is 54.6 Å². The second-order valence-electron chi connectivity index (χ2n) is 7.38. The minimum absolute atomic E-state index is 0.0273. The van der Waals surface area contributed by atoms with Crippen LogP contribution >= 0.6 is 23.1 Å². The molecule has 1 aromatic heterocycles. The van der Waals surface area contributed by atoms with E-state index >= 15 is 0 Å². The predicted molar refractivity (Wildman–Crippen MR) is 135 cm³/mol. The largest absolute Gasteiger partial charge is 0.492 e. The first kappa shape index (κ1) is 23.8. The summed E-state index contributed by atoms with van der Waals surface area (Å²) in [6, 6.07) is 16.9. The highest BCUT2D eigenvalue weighted by Gasteiger charge is 2.24. The van der Waals surface area contributed by atoms with Crippen molar-refractivity contribution in [1.82, 2.24) is 20.0 Å². The van der Waals surface area contributed by atoms with Gasteiger partial charge >= 0.3 is 6.03 Å². The summed E-state index contributed by atoms with van der Waals surface area (Å²) in [5.74, 6) is 1.06. The molecular weight excluding hydrogens is 472 g/mol. The monoisotopic (exact) mass is 498 g/mol. The topological polar surface area (TPSA) is 99.7 Å². The van der Waals surface area contributed by atoms with Gasteiger partial charge in [-0.3, -0.25) is 4.79 Å². The first-order valence-corrected chi connectivity index (χ1v) is 12.8. The molecule has 1 aliphatic rings. The normalized spacial score (nSPS) is 13.4. The fraction of sp³-hybridized carbons (Fsp3) is 0.304. The van der Waals surface area contributed by atoms with Crippen molar-refractivity contribution in [2.75, 3.05) is 49.2 Å². The molecule has 9 nitrogen and oxygen atoms in total. The molecule has 1 saturated heterocycles. The Morgan fingerprint density at radius 1 is 1.00 bits per heavy atom. The molecule has 178 valence electrons. The summed E-state index contributed by atoms with van der Waals surface area (Å²) < 4.78 is 6.34. The fourth-order valence-corrected chi connectivity index (χ4v) is 5.05. The number of para-hydroxylation sites is 3. The van der Waals surface area contributed by atoms with Crippen LogP contribution in [0.3, 0.4) is 0 Å². The Morgan fingerprint density at radius 2 is 1.71 bits per heavy atom. The lowest BCUT2D eigenvalue weighted by Crippen LogP contribution is -2.52. The standard InChI is InChI=1S/C23H26N6O3S2/c1-2-32-19-11-7-6-10-18(19)25-21-26-27-23(34-21)33-16-20(30)28-12-14-29(15-13-28)22(31)24-17-8-4-3-5-9-17/h3-11H,2,12-16H2,1H3,(H,24,31)(H,25,26). The van der Waals surface area contributed by atoms with Gasteiger partial charge in [0.1, 0.15) is 5.75 Å². The Hall–Kier alpha value is -3.31. The average Bonchev–Trinajstić information content (AvgIpc) is 3.32. The number of nitrogens with zero attached hydrogens (tertiary/aromatic N) is 4. The number of hydrogen-bond donors (Lipinski definition) is 2. The third-order valence-corrected chi connectivity index (χ3v) is 7.06. The number of nitrogens with one attached hydrogen (secondary N) is 2. The van der Waals surface area contributed by atoms with Gasteiger partial charge in [-0.15, -0.1) is 10.2 Å². The molecule has 2 aromatic carbocycles. The molecule has 0 spiro atoms. The zero-order valence-corrected chi connectivity index (χ0v) is 20.4. The van der Waals surface area contributed by atoms with Gasteiger partial charge in [0.15, 0.2) is 4.34 Å². The summed E-state index contributed by atoms with van der Waals surface area (Å²) >= 11 is 2.76. The van der Waals surface area contributed by atoms with Crippen LogP contribution in [0.2, 0.25) is 0 Å². The number of carbonyl (C=O) groups is 2. The number of hydrogen-bond acceptors (Lipinski definition) is 8. The maximum absolute atomic E-state index is 12.7. The van der Waals surface area contributed by atoms with Crippen LogP contribution in [0, 0.1) is 0 Å². The van der Waals surface area contributed by atoms with Gasteiger partial charge in [-0.1, -0.05) is 53.4 Å². The third kappa shape index (κ3) is 6.39. The Morgan fingerprint density at radius 3 is 2.47 bits per heavy atom. The van der Waals surface area contributed by atoms with Crippen molar-refractivity contribution in [3.8, 4) is 5.75 Å². The van der Waals surface area contributed by atoms with Crippen LogP contribution in [-0.4, -0.2) is 70.5 Å². The number of ether oxygens (including phenoxy) is 1. The van der Waals surface area contributed by atoms with E-state index in [-0.39, 0.29) is 17.7 Å². The van der Waals surface area contributed by atoms with Crippen molar-refractivity contribution in [2.45, 2.75) is 11.3 Å². The first-order valence-electron chi connectivity index (χ1n) is 11.0. The van der Waals surface area contributed by atoms with Crippen LogP contribution in [0.4, 0.5) is 21.3 Å². The van der Waals surface area contributed by atoms with Crippen LogP contribution < -0.4 is 15.4 Å². The second-order valence-corrected chi connectivity index (χ2v) is 9.58. The Balaban J connectivity index is 1.22. The maximum Gasteiger partial charge on any atom is 0.321 e. The zero-order chi connectivity index (χ0) is 23.8. The van der Waals surface area contributed by atoms with E-state index in [1.807, 2.05) is 61.5 Å². The van der Waals surface area contributed by atoms with Crippen molar-refractivity contribution >= 4 is 51.5 Å². The molecule has 2 heterocycles. The van der Waals surface area contributed by atoms with Crippen molar-refractivity contribution in [3.63, 3.8) is 0 Å². The minimum atomic E-state index is -0.146. The Bertz CT molecular complexity index is 1100. The average molecular weight is 499 g/mol. The second kappa shape index (κ2) is 11.7. The molecule has 1 aliphatic heterocycles. The number of aromatic nitrogens is 2. The molecule has 4 rings (SSSR count). The summed E-state index contributed by atoms with van der Waals surface area (Å²) in [4.78, 5) is 28.6. The van der Waals surface area contributed by atoms with E-state index in [9.17, 15) is 9.59 Å². The predicted octanol–water partition coefficient (Wildman–Crippen LogP) is 4.15. The molecule has 2 N–H and O–H groups in total. The van der Waals surface area contributed by atoms with Crippen LogP contribution in [-0.2, 0) is 4.79 Å². The molecule has 0 aliphatic carbocycles. The quantitative estimate of drug-likeness (QED) is 0.450. The van der Waals surface area contributed by atoms with Crippen molar-refractivity contribution in [1.29, 1.82) is 0 Å². The molecule has 1 fully saturated rings. The number of rotatable bonds is 8. The van der Waals surface area contributed by atoms with E-state index in [2.05, 4.69) is 20.8 Å². The number of benzene rings is 2. The Labute approximate surface area is 206 Å². The summed E-state index contributed by atoms with van der Waals surface area (Å²) in [7, 11) is 0. The molecule has 0 bridgehead atoms. The van der Waals surface area contributed by atoms with Gasteiger partial charge in [0.2, 0.25) is 11.0 Å². The van der Waals surface area contributed by atoms with Gasteiger partial charge in [-0.2, -0.15) is 0 Å². The highest BCUT2D eigenvalue weighted by molar-refractivity contribution is 8.01. The van der Waals surface area contributed by atoms with E-state index in [0.29, 0.717) is 42.3 Å². The van der Waals surface area contributed by atoms with Gasteiger partial charge in [-0.25, -0.2) is 4.79 Å². The summed E-state index contributed by atoms with van der Waals surface area (Å²) in [6.45, 7) is 4.54. The first-order chi connectivity index (χ1) is 16.6. The zero-order valence-electron chi connectivity index (χ0n) is 18.8. The summed E-state index contributed by atoms with van der Waals surface area (Å²) in [5, 5.41) is 15.1. The van der Waals surface area contributed by atoms with Crippen molar-refractivity contribution < 1.29 is 14.3 Å². The SMILES string of the molecule is CCOc1ccccc1Nc1nnc(SCC(=O)N2CCN(C(=O)Nc3ccccc3)CC2)s1. The molecule has 3 aromatic rings. The van der Waals surface area contributed by atoms with Crippen LogP contribution in [0.15, 0.2) is 58.9 Å².